The van der Waals surface area contributed by atoms with Crippen LogP contribution in [0.2, 0.25) is 0 Å². The third-order valence-electron chi connectivity index (χ3n) is 8.28. The molecule has 2 saturated carbocycles. The van der Waals surface area contributed by atoms with Gasteiger partial charge >= 0.3 is 0 Å². The van der Waals surface area contributed by atoms with Crippen molar-refractivity contribution in [3.05, 3.63) is 22.8 Å². The fraction of sp³-hybridized carbons (Fsp3) is 0.727. The van der Waals surface area contributed by atoms with Gasteiger partial charge in [0.2, 0.25) is 0 Å². The molecule has 6 atom stereocenters. The maximum Gasteiger partial charge on any atom is 0.167 e. The second-order valence-electron chi connectivity index (χ2n) is 9.37. The van der Waals surface area contributed by atoms with Gasteiger partial charge in [0, 0.05) is 11.8 Å². The molecular weight excluding hydrogens is 328 g/mol. The molecular formula is C22H30O4. The van der Waals surface area contributed by atoms with Gasteiger partial charge in [-0.3, -0.25) is 9.59 Å². The number of Topliss-reactive ketones (excluding diaryl/α,β-unsaturated/α-hetero) is 1. The van der Waals surface area contributed by atoms with E-state index in [0.29, 0.717) is 11.8 Å². The highest BCUT2D eigenvalue weighted by Gasteiger charge is 2.62. The minimum atomic E-state index is -0.914. The van der Waals surface area contributed by atoms with Crippen molar-refractivity contribution in [1.82, 2.24) is 0 Å². The smallest absolute Gasteiger partial charge is 0.167 e. The van der Waals surface area contributed by atoms with Gasteiger partial charge in [-0.1, -0.05) is 19.4 Å². The summed E-state index contributed by atoms with van der Waals surface area (Å²) in [6.07, 6.45) is 5.86. The van der Waals surface area contributed by atoms with Crippen LogP contribution in [-0.4, -0.2) is 34.0 Å². The summed E-state index contributed by atoms with van der Waals surface area (Å²) in [5, 5.41) is 20.5. The van der Waals surface area contributed by atoms with Crippen molar-refractivity contribution in [2.24, 2.45) is 22.7 Å². The van der Waals surface area contributed by atoms with Gasteiger partial charge < -0.3 is 10.2 Å². The Morgan fingerprint density at radius 2 is 1.96 bits per heavy atom. The predicted octanol–water partition coefficient (Wildman–Crippen LogP) is 3.12. The van der Waals surface area contributed by atoms with Crippen LogP contribution < -0.4 is 0 Å². The first-order valence-electron chi connectivity index (χ1n) is 10.1. The number of fused-ring (bicyclic) bond motifs is 4. The van der Waals surface area contributed by atoms with E-state index in [2.05, 4.69) is 13.8 Å². The topological polar surface area (TPSA) is 74.6 Å². The van der Waals surface area contributed by atoms with Gasteiger partial charge in [-0.05, 0) is 79.9 Å². The molecule has 4 aliphatic rings. The van der Waals surface area contributed by atoms with Crippen LogP contribution in [-0.2, 0) is 9.59 Å². The molecule has 2 fully saturated rings. The molecule has 0 aromatic carbocycles. The third-order valence-corrected chi connectivity index (χ3v) is 8.28. The summed E-state index contributed by atoms with van der Waals surface area (Å²) in [5.41, 5.74) is 2.85. The van der Waals surface area contributed by atoms with E-state index in [4.69, 9.17) is 0 Å². The lowest BCUT2D eigenvalue weighted by molar-refractivity contribution is -0.144. The number of rotatable bonds is 2. The van der Waals surface area contributed by atoms with Crippen molar-refractivity contribution in [2.75, 3.05) is 0 Å². The zero-order valence-electron chi connectivity index (χ0n) is 16.0. The molecule has 142 valence electrons. The molecule has 0 aromatic rings. The molecule has 0 aromatic heterocycles. The van der Waals surface area contributed by atoms with Crippen molar-refractivity contribution < 1.29 is 19.8 Å². The summed E-state index contributed by atoms with van der Waals surface area (Å²) >= 11 is 0. The molecule has 0 aliphatic heterocycles. The number of carbonyl (C=O) groups is 2. The molecule has 4 heteroatoms. The lowest BCUT2D eigenvalue weighted by Gasteiger charge is -2.52. The average molecular weight is 358 g/mol. The Morgan fingerprint density at radius 3 is 2.65 bits per heavy atom. The first kappa shape index (κ1) is 18.1. The summed E-state index contributed by atoms with van der Waals surface area (Å²) in [6, 6.07) is 0. The monoisotopic (exact) mass is 358 g/mol. The summed E-state index contributed by atoms with van der Waals surface area (Å²) in [5.74, 6) is 0.829. The van der Waals surface area contributed by atoms with E-state index in [0.717, 1.165) is 49.7 Å². The van der Waals surface area contributed by atoms with Crippen LogP contribution in [0.5, 0.6) is 0 Å². The largest absolute Gasteiger partial charge is 0.388 e. The molecule has 0 heterocycles. The fourth-order valence-electron chi connectivity index (χ4n) is 6.74. The van der Waals surface area contributed by atoms with Gasteiger partial charge in [0.05, 0.1) is 6.10 Å². The van der Waals surface area contributed by atoms with Gasteiger partial charge in [0.25, 0.3) is 0 Å². The summed E-state index contributed by atoms with van der Waals surface area (Å²) in [6.45, 7) is 5.90. The number of hydrogen-bond donors (Lipinski definition) is 2. The van der Waals surface area contributed by atoms with E-state index < -0.39 is 17.6 Å². The second-order valence-corrected chi connectivity index (χ2v) is 9.37. The van der Waals surface area contributed by atoms with E-state index in [1.54, 1.807) is 13.0 Å². The van der Waals surface area contributed by atoms with Crippen molar-refractivity contribution in [3.8, 4) is 0 Å². The standard InChI is InChI=1S/C22H30O4/c1-12(23)20(26)22(3)9-7-17-15-5-4-13-10-14(24)11-18(25)19(13)16(15)6-8-21(17,22)2/h10,12,15,17-18,23,25H,4-9,11H2,1-3H3/t12-,15+,17-,18?,21-,22-/m0/s1. The van der Waals surface area contributed by atoms with Crippen LogP contribution in [0.25, 0.3) is 0 Å². The molecule has 0 bridgehead atoms. The molecule has 4 rings (SSSR count). The minimum absolute atomic E-state index is 0.0155. The summed E-state index contributed by atoms with van der Waals surface area (Å²) in [7, 11) is 0. The van der Waals surface area contributed by atoms with Gasteiger partial charge in [-0.2, -0.15) is 0 Å². The lowest BCUT2D eigenvalue weighted by atomic mass is 9.51. The number of aliphatic hydroxyl groups excluding tert-OH is 2. The van der Waals surface area contributed by atoms with Crippen LogP contribution >= 0.6 is 0 Å². The molecule has 26 heavy (non-hydrogen) atoms. The zero-order chi connectivity index (χ0) is 18.9. The number of aliphatic hydroxyl groups is 2. The molecule has 0 saturated heterocycles. The molecule has 4 nitrogen and oxygen atoms in total. The zero-order valence-corrected chi connectivity index (χ0v) is 16.0. The van der Waals surface area contributed by atoms with Crippen LogP contribution in [0.15, 0.2) is 22.8 Å². The van der Waals surface area contributed by atoms with Crippen LogP contribution in [0.4, 0.5) is 0 Å². The minimum Gasteiger partial charge on any atom is -0.388 e. The highest BCUT2D eigenvalue weighted by atomic mass is 16.3. The predicted molar refractivity (Wildman–Crippen MR) is 98.3 cm³/mol. The van der Waals surface area contributed by atoms with Crippen molar-refractivity contribution in [2.45, 2.75) is 77.9 Å². The molecule has 4 aliphatic carbocycles. The molecule has 2 N–H and O–H groups in total. The second kappa shape index (κ2) is 5.87. The van der Waals surface area contributed by atoms with Gasteiger partial charge in [0.1, 0.15) is 6.10 Å². The first-order valence-corrected chi connectivity index (χ1v) is 10.1. The number of carbonyl (C=O) groups excluding carboxylic acids is 2. The Balaban J connectivity index is 1.74. The quantitative estimate of drug-likeness (QED) is 0.795. The molecule has 0 radical (unpaired) electrons. The summed E-state index contributed by atoms with van der Waals surface area (Å²) in [4.78, 5) is 24.7. The molecule has 0 amide bonds. The number of hydrogen-bond acceptors (Lipinski definition) is 4. The van der Waals surface area contributed by atoms with Crippen LogP contribution in [0.1, 0.15) is 65.7 Å². The van der Waals surface area contributed by atoms with E-state index in [1.807, 2.05) is 0 Å². The Labute approximate surface area is 155 Å². The Kier molecular flexibility index (Phi) is 4.09. The Morgan fingerprint density at radius 1 is 1.23 bits per heavy atom. The first-order chi connectivity index (χ1) is 12.2. The van der Waals surface area contributed by atoms with Crippen LogP contribution in [0, 0.1) is 22.7 Å². The maximum absolute atomic E-state index is 12.9. The molecule has 1 unspecified atom stereocenters. The van der Waals surface area contributed by atoms with E-state index in [1.165, 1.54) is 5.57 Å². The fourth-order valence-corrected chi connectivity index (χ4v) is 6.74. The summed E-state index contributed by atoms with van der Waals surface area (Å²) < 4.78 is 0. The van der Waals surface area contributed by atoms with Crippen molar-refractivity contribution in [1.29, 1.82) is 0 Å². The Hall–Kier alpha value is -1.26. The highest BCUT2D eigenvalue weighted by Crippen LogP contribution is 2.67. The SMILES string of the molecule is C[C@H](O)C(=O)[C@]1(C)CC[C@H]2[C@@H]3CCC4=CC(=O)CC(O)C4=C3CC[C@@]21C. The van der Waals surface area contributed by atoms with Crippen LogP contribution in [0.3, 0.4) is 0 Å². The van der Waals surface area contributed by atoms with E-state index in [9.17, 15) is 19.8 Å². The average Bonchev–Trinajstić information content (AvgIpc) is 2.86. The van der Waals surface area contributed by atoms with Crippen molar-refractivity contribution in [3.63, 3.8) is 0 Å². The van der Waals surface area contributed by atoms with Crippen molar-refractivity contribution >= 4 is 11.6 Å². The molecule has 0 spiro atoms. The number of allylic oxidation sites excluding steroid dienone is 2. The van der Waals surface area contributed by atoms with Gasteiger partial charge in [0.15, 0.2) is 11.6 Å². The highest BCUT2D eigenvalue weighted by molar-refractivity contribution is 5.94. The van der Waals surface area contributed by atoms with E-state index in [-0.39, 0.29) is 23.4 Å². The lowest BCUT2D eigenvalue weighted by Crippen LogP contribution is -2.50. The Bertz CT molecular complexity index is 730. The van der Waals surface area contributed by atoms with E-state index >= 15 is 0 Å². The third kappa shape index (κ3) is 2.27. The van der Waals surface area contributed by atoms with Gasteiger partial charge in [-0.15, -0.1) is 0 Å². The number of ketones is 2. The normalized spacial score (nSPS) is 43.3. The van der Waals surface area contributed by atoms with Gasteiger partial charge in [-0.25, -0.2) is 0 Å². The maximum atomic E-state index is 12.9.